The van der Waals surface area contributed by atoms with Crippen molar-refractivity contribution in [2.45, 2.75) is 6.54 Å². The number of thiazole rings is 1. The van der Waals surface area contributed by atoms with Gasteiger partial charge >= 0.3 is 0 Å². The van der Waals surface area contributed by atoms with Crippen LogP contribution in [0.2, 0.25) is 0 Å². The minimum Gasteiger partial charge on any atom is -0.457 e. The van der Waals surface area contributed by atoms with Crippen LogP contribution in [0.4, 0.5) is 0 Å². The van der Waals surface area contributed by atoms with Crippen LogP contribution >= 0.6 is 11.3 Å². The van der Waals surface area contributed by atoms with Crippen LogP contribution in [0.3, 0.4) is 0 Å². The van der Waals surface area contributed by atoms with Crippen molar-refractivity contribution in [3.8, 4) is 11.5 Å². The summed E-state index contributed by atoms with van der Waals surface area (Å²) in [5, 5.41) is 2.32. The molecule has 0 saturated carbocycles. The molecule has 0 spiro atoms. The van der Waals surface area contributed by atoms with Crippen molar-refractivity contribution in [2.75, 3.05) is 0 Å². The van der Waals surface area contributed by atoms with E-state index in [-0.39, 0.29) is 5.91 Å². The number of amides is 1. The molecule has 5 aromatic rings. The molecule has 0 saturated heterocycles. The number of hydrogen-bond acceptors (Lipinski definition) is 3. The van der Waals surface area contributed by atoms with Gasteiger partial charge in [-0.25, -0.2) is 0 Å². The SMILES string of the molecule is C=CCn1c(=NC(=O)c2ccc(Oc3ccccc3)cc2)sc2c3ccccc3ccc21. The molecule has 1 amide bonds. The third-order valence-corrected chi connectivity index (χ3v) is 6.29. The lowest BCUT2D eigenvalue weighted by Crippen LogP contribution is -2.16. The van der Waals surface area contributed by atoms with Gasteiger partial charge in [0.05, 0.1) is 10.2 Å². The van der Waals surface area contributed by atoms with Gasteiger partial charge in [0.15, 0.2) is 4.80 Å². The maximum absolute atomic E-state index is 12.9. The Labute approximate surface area is 189 Å². The minimum absolute atomic E-state index is 0.287. The van der Waals surface area contributed by atoms with Crippen LogP contribution in [0.5, 0.6) is 11.5 Å². The lowest BCUT2D eigenvalue weighted by Gasteiger charge is -2.05. The van der Waals surface area contributed by atoms with Gasteiger partial charge in [-0.05, 0) is 47.9 Å². The second-order valence-corrected chi connectivity index (χ2v) is 8.25. The largest absolute Gasteiger partial charge is 0.457 e. The average Bonchev–Trinajstić information content (AvgIpc) is 3.18. The zero-order valence-corrected chi connectivity index (χ0v) is 18.1. The highest BCUT2D eigenvalue weighted by Crippen LogP contribution is 2.28. The second-order valence-electron chi connectivity index (χ2n) is 7.28. The topological polar surface area (TPSA) is 43.6 Å². The Morgan fingerprint density at radius 3 is 2.41 bits per heavy atom. The van der Waals surface area contributed by atoms with E-state index in [9.17, 15) is 4.79 Å². The minimum atomic E-state index is -0.287. The molecule has 0 bridgehead atoms. The number of nitrogens with zero attached hydrogens (tertiary/aromatic N) is 2. The van der Waals surface area contributed by atoms with Gasteiger partial charge in [0.25, 0.3) is 5.91 Å². The van der Waals surface area contributed by atoms with E-state index in [1.807, 2.05) is 53.1 Å². The number of allylic oxidation sites excluding steroid dienone is 1. The molecule has 0 atom stereocenters. The monoisotopic (exact) mass is 436 g/mol. The van der Waals surface area contributed by atoms with Gasteiger partial charge in [-0.1, -0.05) is 65.9 Å². The molecule has 0 radical (unpaired) electrons. The summed E-state index contributed by atoms with van der Waals surface area (Å²) in [7, 11) is 0. The van der Waals surface area contributed by atoms with Crippen molar-refractivity contribution in [1.82, 2.24) is 4.57 Å². The van der Waals surface area contributed by atoms with Crippen LogP contribution in [-0.2, 0) is 6.54 Å². The van der Waals surface area contributed by atoms with Gasteiger partial charge in [0, 0.05) is 17.5 Å². The van der Waals surface area contributed by atoms with Crippen LogP contribution in [0, 0.1) is 0 Å². The molecule has 0 aliphatic rings. The Kier molecular flexibility index (Phi) is 5.40. The van der Waals surface area contributed by atoms with E-state index in [0.29, 0.717) is 22.7 Å². The van der Waals surface area contributed by atoms with Gasteiger partial charge < -0.3 is 9.30 Å². The number of ether oxygens (including phenoxy) is 1. The van der Waals surface area contributed by atoms with Crippen molar-refractivity contribution in [3.05, 3.63) is 114 Å². The Morgan fingerprint density at radius 2 is 1.62 bits per heavy atom. The smallest absolute Gasteiger partial charge is 0.279 e. The van der Waals surface area contributed by atoms with Crippen molar-refractivity contribution in [3.63, 3.8) is 0 Å². The molecule has 1 aromatic heterocycles. The third-order valence-electron chi connectivity index (χ3n) is 5.16. The summed E-state index contributed by atoms with van der Waals surface area (Å²) in [5.74, 6) is 1.13. The number of para-hydroxylation sites is 1. The van der Waals surface area contributed by atoms with E-state index in [0.717, 1.165) is 21.4 Å². The van der Waals surface area contributed by atoms with Crippen molar-refractivity contribution in [1.29, 1.82) is 0 Å². The van der Waals surface area contributed by atoms with Gasteiger partial charge in [0.1, 0.15) is 11.5 Å². The van der Waals surface area contributed by atoms with E-state index in [1.54, 1.807) is 24.3 Å². The van der Waals surface area contributed by atoms with Gasteiger partial charge in [0.2, 0.25) is 0 Å². The third kappa shape index (κ3) is 3.86. The van der Waals surface area contributed by atoms with E-state index < -0.39 is 0 Å². The van der Waals surface area contributed by atoms with Gasteiger partial charge in [-0.2, -0.15) is 4.99 Å². The standard InChI is InChI=1S/C27H20N2O2S/c1-2-18-29-24-17-14-19-8-6-7-11-23(19)25(24)32-27(29)28-26(30)20-12-15-22(16-13-20)31-21-9-4-3-5-10-21/h2-17H,1,18H2. The summed E-state index contributed by atoms with van der Waals surface area (Å²) >= 11 is 1.52. The Balaban J connectivity index is 1.51. The lowest BCUT2D eigenvalue weighted by atomic mass is 10.1. The quantitative estimate of drug-likeness (QED) is 0.292. The fourth-order valence-corrected chi connectivity index (χ4v) is 4.80. The second kappa shape index (κ2) is 8.65. The Hall–Kier alpha value is -3.96. The fourth-order valence-electron chi connectivity index (χ4n) is 3.63. The van der Waals surface area contributed by atoms with Crippen LogP contribution < -0.4 is 9.54 Å². The molecule has 4 nitrogen and oxygen atoms in total. The summed E-state index contributed by atoms with van der Waals surface area (Å²) in [5.41, 5.74) is 1.56. The summed E-state index contributed by atoms with van der Waals surface area (Å²) in [4.78, 5) is 18.1. The molecule has 32 heavy (non-hydrogen) atoms. The van der Waals surface area contributed by atoms with E-state index in [1.165, 1.54) is 16.7 Å². The van der Waals surface area contributed by atoms with Crippen LogP contribution in [0.15, 0.2) is 109 Å². The van der Waals surface area contributed by atoms with Crippen LogP contribution in [0.25, 0.3) is 21.0 Å². The average molecular weight is 437 g/mol. The molecule has 0 N–H and O–H groups in total. The molecule has 156 valence electrons. The van der Waals surface area contributed by atoms with Crippen molar-refractivity contribution >= 4 is 38.2 Å². The maximum Gasteiger partial charge on any atom is 0.279 e. The highest BCUT2D eigenvalue weighted by atomic mass is 32.1. The zero-order chi connectivity index (χ0) is 21.9. The summed E-state index contributed by atoms with van der Waals surface area (Å²) in [6.07, 6.45) is 1.82. The number of rotatable bonds is 5. The predicted molar refractivity (Wildman–Crippen MR) is 130 cm³/mol. The molecule has 5 rings (SSSR count). The molecule has 5 heteroatoms. The summed E-state index contributed by atoms with van der Waals surface area (Å²) in [6, 6.07) is 29.0. The first-order valence-electron chi connectivity index (χ1n) is 10.3. The van der Waals surface area contributed by atoms with Crippen molar-refractivity contribution in [2.24, 2.45) is 4.99 Å². The first-order valence-corrected chi connectivity index (χ1v) is 11.1. The van der Waals surface area contributed by atoms with Gasteiger partial charge in [-0.3, -0.25) is 4.79 Å². The molecule has 0 aliphatic heterocycles. The molecule has 0 aliphatic carbocycles. The maximum atomic E-state index is 12.9. The van der Waals surface area contributed by atoms with Crippen LogP contribution in [0.1, 0.15) is 10.4 Å². The molecule has 1 heterocycles. The van der Waals surface area contributed by atoms with E-state index in [4.69, 9.17) is 4.74 Å². The van der Waals surface area contributed by atoms with E-state index >= 15 is 0 Å². The highest BCUT2D eigenvalue weighted by Gasteiger charge is 2.11. The Bertz CT molecular complexity index is 1500. The first kappa shape index (κ1) is 20.0. The summed E-state index contributed by atoms with van der Waals surface area (Å²) < 4.78 is 8.95. The van der Waals surface area contributed by atoms with Gasteiger partial charge in [-0.15, -0.1) is 6.58 Å². The number of benzene rings is 4. The Morgan fingerprint density at radius 1 is 0.906 bits per heavy atom. The molecule has 0 fully saturated rings. The number of hydrogen-bond donors (Lipinski definition) is 0. The lowest BCUT2D eigenvalue weighted by molar-refractivity contribution is 0.0998. The number of aromatic nitrogens is 1. The van der Waals surface area contributed by atoms with Crippen molar-refractivity contribution < 1.29 is 9.53 Å². The molecule has 0 unspecified atom stereocenters. The molecule has 4 aromatic carbocycles. The first-order chi connectivity index (χ1) is 15.7. The molecular formula is C27H20N2O2S. The molecular weight excluding hydrogens is 416 g/mol. The number of carbonyl (C=O) groups is 1. The summed E-state index contributed by atoms with van der Waals surface area (Å²) in [6.45, 7) is 4.45. The normalized spacial score (nSPS) is 11.7. The highest BCUT2D eigenvalue weighted by molar-refractivity contribution is 7.17. The predicted octanol–water partition coefficient (Wildman–Crippen LogP) is 6.58. The number of carbonyl (C=O) groups excluding carboxylic acids is 1. The number of fused-ring (bicyclic) bond motifs is 3. The fraction of sp³-hybridized carbons (Fsp3) is 0.0370. The van der Waals surface area contributed by atoms with Crippen LogP contribution in [-0.4, -0.2) is 10.5 Å². The zero-order valence-electron chi connectivity index (χ0n) is 17.3. The van der Waals surface area contributed by atoms with E-state index in [2.05, 4.69) is 35.8 Å².